The van der Waals surface area contributed by atoms with E-state index in [4.69, 9.17) is 44.9 Å². The molecule has 0 saturated carbocycles. The van der Waals surface area contributed by atoms with Gasteiger partial charge in [-0.1, -0.05) is 126 Å². The number of hydrogen-bond acceptors (Lipinski definition) is 21. The van der Waals surface area contributed by atoms with E-state index in [9.17, 15) is 68.1 Å². The van der Waals surface area contributed by atoms with Crippen LogP contribution in [0.5, 0.6) is 5.75 Å². The van der Waals surface area contributed by atoms with Crippen LogP contribution >= 0.6 is 0 Å². The van der Waals surface area contributed by atoms with Gasteiger partial charge in [-0.2, -0.15) is 0 Å². The zero-order valence-electron chi connectivity index (χ0n) is 71.5. The number of nitrogens with one attached hydrogen (secondary N) is 17. The second-order valence-electron chi connectivity index (χ2n) is 31.7. The highest BCUT2D eigenvalue weighted by atomic mass is 16.3. The molecule has 42 heteroatoms. The molecule has 2 unspecified atom stereocenters. The molecule has 0 aliphatic carbocycles. The Morgan fingerprint density at radius 3 is 1.38 bits per heavy atom. The third-order valence-corrected chi connectivity index (χ3v) is 21.5. The molecule has 2 saturated heterocycles. The second-order valence-corrected chi connectivity index (χ2v) is 31.7. The Morgan fingerprint density at radius 1 is 0.492 bits per heavy atom. The van der Waals surface area contributed by atoms with Crippen LogP contribution in [0.4, 0.5) is 0 Å². The van der Waals surface area contributed by atoms with Crippen molar-refractivity contribution in [2.75, 3.05) is 26.2 Å². The number of primary amides is 2. The van der Waals surface area contributed by atoms with E-state index in [1.807, 2.05) is 0 Å². The van der Waals surface area contributed by atoms with Crippen molar-refractivity contribution in [1.82, 2.24) is 88.9 Å². The van der Waals surface area contributed by atoms with Gasteiger partial charge in [0, 0.05) is 63.6 Å². The monoisotopic (exact) mass is 1740 g/mol. The van der Waals surface area contributed by atoms with Crippen molar-refractivity contribution in [2.24, 2.45) is 28.7 Å². The van der Waals surface area contributed by atoms with E-state index in [-0.39, 0.29) is 114 Å². The summed E-state index contributed by atoms with van der Waals surface area (Å²) in [6.45, 7) is 6.95. The number of guanidine groups is 3. The van der Waals surface area contributed by atoms with Gasteiger partial charge in [0.25, 0.3) is 0 Å². The van der Waals surface area contributed by atoms with E-state index in [2.05, 4.69) is 86.0 Å². The molecule has 2 aliphatic heterocycles. The molecule has 15 atom stereocenters. The fourth-order valence-corrected chi connectivity index (χ4v) is 14.8. The van der Waals surface area contributed by atoms with Gasteiger partial charge in [0.15, 0.2) is 17.9 Å². The average molecular weight is 1740 g/mol. The van der Waals surface area contributed by atoms with E-state index in [1.54, 1.807) is 44.2 Å². The number of carbonyl (C=O) groups is 14. The third kappa shape index (κ3) is 35.7. The van der Waals surface area contributed by atoms with Crippen LogP contribution in [0.1, 0.15) is 199 Å². The first-order chi connectivity index (χ1) is 59.0. The topological polar surface area (TPSA) is 693 Å². The number of imidazole rings is 1. The number of hydrogen-bond donors (Lipinski definition) is 25. The third-order valence-electron chi connectivity index (χ3n) is 21.5. The van der Waals surface area contributed by atoms with Crippen molar-refractivity contribution in [2.45, 2.75) is 292 Å². The number of aliphatic hydroxyl groups excluding tert-OH is 2. The number of carbonyl (C=O) groups excluding carboxylic acids is 14. The highest BCUT2D eigenvalue weighted by molar-refractivity contribution is 6.01. The lowest BCUT2D eigenvalue weighted by molar-refractivity contribution is -0.142. The van der Waals surface area contributed by atoms with Crippen molar-refractivity contribution in [3.63, 3.8) is 0 Å². The van der Waals surface area contributed by atoms with Crippen molar-refractivity contribution in [3.8, 4) is 5.75 Å². The highest BCUT2D eigenvalue weighted by Gasteiger charge is 2.47. The van der Waals surface area contributed by atoms with Gasteiger partial charge >= 0.3 is 0 Å². The number of aromatic amines is 1. The Kier molecular flexibility index (Phi) is 44.2. The van der Waals surface area contributed by atoms with E-state index in [0.717, 1.165) is 37.5 Å². The molecule has 30 N–H and O–H groups in total. The van der Waals surface area contributed by atoms with Crippen LogP contribution in [0, 0.1) is 16.2 Å². The Balaban J connectivity index is 1.36. The minimum Gasteiger partial charge on any atom is -0.508 e. The van der Waals surface area contributed by atoms with Gasteiger partial charge in [0.1, 0.15) is 78.3 Å². The van der Waals surface area contributed by atoms with Crippen LogP contribution in [-0.2, 0) is 86.4 Å². The van der Waals surface area contributed by atoms with Crippen molar-refractivity contribution >= 4 is 101 Å². The van der Waals surface area contributed by atoms with Crippen LogP contribution in [0.15, 0.2) is 67.1 Å². The number of unbranched alkanes of at least 4 members (excludes halogenated alkanes) is 12. The summed E-state index contributed by atoms with van der Waals surface area (Å²) in [6.07, 6.45) is 14.1. The summed E-state index contributed by atoms with van der Waals surface area (Å²) in [6, 6.07) is -5.30. The fourth-order valence-electron chi connectivity index (χ4n) is 14.8. The van der Waals surface area contributed by atoms with Crippen LogP contribution in [0.2, 0.25) is 0 Å². The zero-order chi connectivity index (χ0) is 91.5. The lowest BCUT2D eigenvalue weighted by atomic mass is 10.0. The number of benzene rings is 2. The molecule has 124 heavy (non-hydrogen) atoms. The Morgan fingerprint density at radius 2 is 0.911 bits per heavy atom. The SMILES string of the molecule is CCCCCCCCCCCCCCCC(=O)N[C@H]1CC(C)N([C@@H](C)C(=O)N[C@@H](Cc2ccc(O)cc2)C(=O)N[C@@H](Cc2ccccc2)C(=O)N[C@@H](CCCNC(=N)N)C(=O)N[C@@H](CCCNC(=N)N)C(=O)N[C@H]2CC(C)N([C@@H](Cc3c[nH]cn3)C(=O)N[C@@H](CO)C(=O)N[C@H](C(=O)N[C@@H](CCCNC(=N)N)C(=O)N[C@@H](CC(N)=O)C(N)=O)[C@@H](C)O)C2=O)C1=O. The molecule has 3 aromatic rings. The van der Waals surface area contributed by atoms with Crippen LogP contribution in [-0.4, -0.2) is 253 Å². The minimum absolute atomic E-state index is 0.000815. The van der Waals surface area contributed by atoms with E-state index in [0.29, 0.717) is 17.5 Å². The van der Waals surface area contributed by atoms with Gasteiger partial charge in [-0.3, -0.25) is 83.4 Å². The molecule has 42 nitrogen and oxygen atoms in total. The predicted molar refractivity (Wildman–Crippen MR) is 458 cm³/mol. The van der Waals surface area contributed by atoms with E-state index in [1.165, 1.54) is 100.0 Å². The maximum Gasteiger partial charge on any atom is 0.246 e. The lowest BCUT2D eigenvalue weighted by Gasteiger charge is -2.32. The molecule has 2 aliphatic rings. The molecular formula is C82H131N25O17. The van der Waals surface area contributed by atoms with Gasteiger partial charge in [-0.25, -0.2) is 4.98 Å². The standard InChI is InChI=1S/C82H131N25O17/c1-6-7-8-9-10-11-12-13-14-15-16-17-21-30-66(112)96-61-38-47(2)106(78(61)123)49(4)69(114)101-59(41-52-31-33-54(110)34-32-52)74(119)102-60(40-51-25-19-18-20-26-51)73(118)98-55(27-22-35-92-80(85)86)70(115)97-56(28-23-36-93-81(87)88)72(117)103-62-39-48(3)107(79(62)124)64(42-53-44-91-46-95-53)76(121)104-63(45-108)75(120)105-67(50(5)109)77(122)99-57(29-24-37-94-82(89)90)71(116)100-58(68(84)113)43-65(83)111/h18-20,25-26,31-34,44,46-50,55-64,67,108-110H,6-17,21-24,27-30,35-43,45H2,1-5H3,(H2,83,111)(H2,84,113)(H,91,95)(H,96,112)(H,97,115)(H,98,118)(H,99,122)(H,100,116)(H,101,114)(H,102,119)(H,103,117)(H,104,121)(H,105,120)(H4,85,86,92)(H4,87,88,93)(H4,89,90,94)/t47?,48?,49-,50+,55-,56-,57-,58-,59-,60-,61-,62-,63-,64-,67-/m0/s1. The molecule has 14 amide bonds. The number of nitrogens with zero attached hydrogens (tertiary/aromatic N) is 3. The molecular weight excluding hydrogens is 1610 g/mol. The first-order valence-electron chi connectivity index (χ1n) is 42.6. The number of phenols is 1. The number of H-pyrrole nitrogens is 1. The summed E-state index contributed by atoms with van der Waals surface area (Å²) in [7, 11) is 0. The maximum atomic E-state index is 15.1. The molecule has 1 aromatic heterocycles. The first kappa shape index (κ1) is 102. The molecule has 5 rings (SSSR count). The first-order valence-corrected chi connectivity index (χ1v) is 42.6. The summed E-state index contributed by atoms with van der Waals surface area (Å²) < 4.78 is 0. The van der Waals surface area contributed by atoms with Gasteiger partial charge < -0.3 is 128 Å². The minimum atomic E-state index is -1.92. The number of likely N-dealkylation sites (tertiary alicyclic amines) is 2. The zero-order valence-corrected chi connectivity index (χ0v) is 71.5. The molecule has 2 fully saturated rings. The molecule has 3 heterocycles. The number of amides is 14. The summed E-state index contributed by atoms with van der Waals surface area (Å²) in [4.78, 5) is 207. The Bertz CT molecular complexity index is 4030. The Hall–Kier alpha value is -12.2. The molecule has 0 spiro atoms. The molecule has 0 bridgehead atoms. The normalized spacial score (nSPS) is 17.5. The van der Waals surface area contributed by atoms with Crippen LogP contribution < -0.4 is 97.8 Å². The second kappa shape index (κ2) is 53.6. The number of aromatic nitrogens is 2. The maximum absolute atomic E-state index is 15.1. The highest BCUT2D eigenvalue weighted by Crippen LogP contribution is 2.27. The number of nitrogens with two attached hydrogens (primary N) is 5. The van der Waals surface area contributed by atoms with Gasteiger partial charge in [0.05, 0.1) is 31.2 Å². The molecule has 0 radical (unpaired) electrons. The fraction of sp³-hybridized carbons (Fsp3) is 0.610. The number of rotatable bonds is 58. The summed E-state index contributed by atoms with van der Waals surface area (Å²) in [5, 5.41) is 88.4. The smallest absolute Gasteiger partial charge is 0.246 e. The van der Waals surface area contributed by atoms with Crippen molar-refractivity contribution in [1.29, 1.82) is 16.2 Å². The number of aromatic hydroxyl groups is 1. The largest absolute Gasteiger partial charge is 0.508 e. The summed E-state index contributed by atoms with van der Waals surface area (Å²) in [5.41, 5.74) is 28.4. The quantitative estimate of drug-likeness (QED) is 0.0152. The lowest BCUT2D eigenvalue weighted by Crippen LogP contribution is -2.62. The predicted octanol–water partition coefficient (Wildman–Crippen LogP) is -3.01. The van der Waals surface area contributed by atoms with Crippen molar-refractivity contribution < 1.29 is 82.4 Å². The van der Waals surface area contributed by atoms with Gasteiger partial charge in [0.2, 0.25) is 82.7 Å². The average Bonchev–Trinajstić information content (AvgIpc) is 1.64. The van der Waals surface area contributed by atoms with E-state index < -0.39 is 198 Å². The van der Waals surface area contributed by atoms with Crippen LogP contribution in [0.25, 0.3) is 0 Å². The van der Waals surface area contributed by atoms with E-state index >= 15 is 14.4 Å². The number of phenolic OH excluding ortho intramolecular Hbond substituents is 1. The molecule has 2 aromatic carbocycles. The van der Waals surface area contributed by atoms with Crippen molar-refractivity contribution in [3.05, 3.63) is 83.9 Å². The molecule has 686 valence electrons. The Labute approximate surface area is 721 Å². The van der Waals surface area contributed by atoms with Gasteiger partial charge in [-0.05, 0) is 109 Å². The summed E-state index contributed by atoms with van der Waals surface area (Å²) >= 11 is 0. The summed E-state index contributed by atoms with van der Waals surface area (Å²) in [5.74, 6) is -14.2. The van der Waals surface area contributed by atoms with Crippen LogP contribution in [0.3, 0.4) is 0 Å². The number of aliphatic hydroxyl groups is 2. The van der Waals surface area contributed by atoms with Gasteiger partial charge in [-0.15, -0.1) is 0 Å².